The van der Waals surface area contributed by atoms with Crippen LogP contribution >= 0.6 is 0 Å². The molecular formula is C15H21N3O3. The van der Waals surface area contributed by atoms with Gasteiger partial charge in [0.1, 0.15) is 0 Å². The minimum atomic E-state index is -0.133. The van der Waals surface area contributed by atoms with E-state index in [1.807, 2.05) is 12.1 Å². The van der Waals surface area contributed by atoms with Crippen LogP contribution in [0.4, 0.5) is 0 Å². The van der Waals surface area contributed by atoms with Crippen molar-refractivity contribution in [1.29, 1.82) is 0 Å². The van der Waals surface area contributed by atoms with Crippen molar-refractivity contribution in [1.82, 2.24) is 16.0 Å². The minimum absolute atomic E-state index is 0.0247. The lowest BCUT2D eigenvalue weighted by molar-refractivity contribution is -0.122. The van der Waals surface area contributed by atoms with Gasteiger partial charge in [0.2, 0.25) is 5.91 Å². The molecule has 1 heterocycles. The fraction of sp³-hybridized carbons (Fsp3) is 0.467. The molecule has 114 valence electrons. The zero-order valence-electron chi connectivity index (χ0n) is 12.1. The topological polar surface area (TPSA) is 79.5 Å². The Kier molecular flexibility index (Phi) is 5.71. The highest BCUT2D eigenvalue weighted by Gasteiger charge is 2.16. The highest BCUT2D eigenvalue weighted by Crippen LogP contribution is 2.05. The summed E-state index contributed by atoms with van der Waals surface area (Å²) < 4.78 is 5.31. The van der Waals surface area contributed by atoms with Crippen molar-refractivity contribution in [3.63, 3.8) is 0 Å². The Bertz CT molecular complexity index is 499. The molecule has 1 aromatic carbocycles. The fourth-order valence-electron chi connectivity index (χ4n) is 2.21. The first kappa shape index (κ1) is 15.5. The first-order valence-corrected chi connectivity index (χ1v) is 7.08. The van der Waals surface area contributed by atoms with Crippen LogP contribution in [0, 0.1) is 0 Å². The number of carbonyl (C=O) groups excluding carboxylic acids is 2. The Morgan fingerprint density at radius 3 is 3.00 bits per heavy atom. The summed E-state index contributed by atoms with van der Waals surface area (Å²) in [6, 6.07) is 7.29. The quantitative estimate of drug-likeness (QED) is 0.716. The summed E-state index contributed by atoms with van der Waals surface area (Å²) in [4.78, 5) is 23.4. The largest absolute Gasteiger partial charge is 0.378 e. The summed E-state index contributed by atoms with van der Waals surface area (Å²) in [5.41, 5.74) is 1.49. The Morgan fingerprint density at radius 2 is 2.29 bits per heavy atom. The first-order valence-electron chi connectivity index (χ1n) is 7.08. The minimum Gasteiger partial charge on any atom is -0.378 e. The van der Waals surface area contributed by atoms with E-state index in [0.717, 1.165) is 12.1 Å². The lowest BCUT2D eigenvalue weighted by Gasteiger charge is -2.23. The van der Waals surface area contributed by atoms with E-state index in [0.29, 0.717) is 31.7 Å². The SMILES string of the molecule is CNC(=O)c1cccc(CNC(=O)CC2COCCN2)c1. The average molecular weight is 291 g/mol. The first-order chi connectivity index (χ1) is 10.2. The summed E-state index contributed by atoms with van der Waals surface area (Å²) in [5.74, 6) is -0.157. The molecule has 3 N–H and O–H groups in total. The molecule has 2 rings (SSSR count). The molecule has 0 aliphatic carbocycles. The second-order valence-corrected chi connectivity index (χ2v) is 4.99. The molecule has 21 heavy (non-hydrogen) atoms. The number of nitrogens with one attached hydrogen (secondary N) is 3. The normalized spacial score (nSPS) is 18.0. The van der Waals surface area contributed by atoms with Gasteiger partial charge in [0.05, 0.1) is 13.2 Å². The monoisotopic (exact) mass is 291 g/mol. The molecule has 1 atom stereocenters. The molecule has 0 aromatic heterocycles. The average Bonchev–Trinajstić information content (AvgIpc) is 2.53. The number of rotatable bonds is 5. The Morgan fingerprint density at radius 1 is 1.43 bits per heavy atom. The van der Waals surface area contributed by atoms with Crippen LogP contribution in [-0.4, -0.2) is 44.7 Å². The molecule has 0 radical (unpaired) electrons. The van der Waals surface area contributed by atoms with Crippen LogP contribution in [0.3, 0.4) is 0 Å². The van der Waals surface area contributed by atoms with Gasteiger partial charge in [-0.3, -0.25) is 9.59 Å². The van der Waals surface area contributed by atoms with Gasteiger partial charge in [-0.25, -0.2) is 0 Å². The van der Waals surface area contributed by atoms with Gasteiger partial charge >= 0.3 is 0 Å². The molecule has 1 aliphatic heterocycles. The number of benzene rings is 1. The highest BCUT2D eigenvalue weighted by molar-refractivity contribution is 5.94. The molecule has 1 fully saturated rings. The lowest BCUT2D eigenvalue weighted by atomic mass is 10.1. The molecule has 2 amide bonds. The zero-order valence-corrected chi connectivity index (χ0v) is 12.1. The molecule has 0 bridgehead atoms. The van der Waals surface area contributed by atoms with E-state index in [1.165, 1.54) is 0 Å². The number of hydrogen-bond acceptors (Lipinski definition) is 4. The van der Waals surface area contributed by atoms with E-state index in [-0.39, 0.29) is 17.9 Å². The summed E-state index contributed by atoms with van der Waals surface area (Å²) in [6.45, 7) is 2.47. The van der Waals surface area contributed by atoms with Crippen molar-refractivity contribution in [2.45, 2.75) is 19.0 Å². The van der Waals surface area contributed by atoms with Gasteiger partial charge in [0, 0.05) is 38.2 Å². The van der Waals surface area contributed by atoms with Crippen LogP contribution < -0.4 is 16.0 Å². The van der Waals surface area contributed by atoms with Crippen molar-refractivity contribution in [2.24, 2.45) is 0 Å². The molecular weight excluding hydrogens is 270 g/mol. The Labute approximate surface area is 124 Å². The van der Waals surface area contributed by atoms with Gasteiger partial charge in [-0.1, -0.05) is 12.1 Å². The van der Waals surface area contributed by atoms with E-state index in [4.69, 9.17) is 4.74 Å². The maximum Gasteiger partial charge on any atom is 0.251 e. The maximum absolute atomic E-state index is 11.9. The molecule has 0 spiro atoms. The Balaban J connectivity index is 1.81. The molecule has 0 saturated carbocycles. The van der Waals surface area contributed by atoms with Crippen molar-refractivity contribution < 1.29 is 14.3 Å². The third kappa shape index (κ3) is 4.84. The van der Waals surface area contributed by atoms with Crippen LogP contribution in [0.1, 0.15) is 22.3 Å². The second-order valence-electron chi connectivity index (χ2n) is 4.99. The molecule has 6 nitrogen and oxygen atoms in total. The second kappa shape index (κ2) is 7.75. The van der Waals surface area contributed by atoms with Gasteiger partial charge < -0.3 is 20.7 Å². The fourth-order valence-corrected chi connectivity index (χ4v) is 2.21. The molecule has 6 heteroatoms. The molecule has 1 aliphatic rings. The third-order valence-corrected chi connectivity index (χ3v) is 3.34. The maximum atomic E-state index is 11.9. The predicted octanol–water partition coefficient (Wildman–Crippen LogP) is 0.0409. The summed E-state index contributed by atoms with van der Waals surface area (Å²) in [6.07, 6.45) is 0.398. The summed E-state index contributed by atoms with van der Waals surface area (Å²) in [7, 11) is 1.59. The summed E-state index contributed by atoms with van der Waals surface area (Å²) >= 11 is 0. The number of morpholine rings is 1. The molecule has 1 saturated heterocycles. The van der Waals surface area contributed by atoms with Crippen LogP contribution in [0.5, 0.6) is 0 Å². The van der Waals surface area contributed by atoms with Crippen molar-refractivity contribution >= 4 is 11.8 Å². The van der Waals surface area contributed by atoms with E-state index in [9.17, 15) is 9.59 Å². The van der Waals surface area contributed by atoms with Gasteiger partial charge in [0.25, 0.3) is 5.91 Å². The van der Waals surface area contributed by atoms with E-state index in [1.54, 1.807) is 19.2 Å². The van der Waals surface area contributed by atoms with Gasteiger partial charge in [-0.15, -0.1) is 0 Å². The standard InChI is InChI=1S/C15H21N3O3/c1-16-15(20)12-4-2-3-11(7-12)9-18-14(19)8-13-10-21-6-5-17-13/h2-4,7,13,17H,5-6,8-10H2,1H3,(H,16,20)(H,18,19). The van der Waals surface area contributed by atoms with Crippen molar-refractivity contribution in [2.75, 3.05) is 26.8 Å². The van der Waals surface area contributed by atoms with Crippen LogP contribution in [-0.2, 0) is 16.1 Å². The lowest BCUT2D eigenvalue weighted by Crippen LogP contribution is -2.44. The zero-order chi connectivity index (χ0) is 15.1. The highest BCUT2D eigenvalue weighted by atomic mass is 16.5. The predicted molar refractivity (Wildman–Crippen MR) is 78.9 cm³/mol. The molecule has 1 unspecified atom stereocenters. The number of carbonyl (C=O) groups is 2. The number of amides is 2. The van der Waals surface area contributed by atoms with E-state index < -0.39 is 0 Å². The Hall–Kier alpha value is -1.92. The van der Waals surface area contributed by atoms with Crippen molar-refractivity contribution in [3.8, 4) is 0 Å². The number of ether oxygens (including phenoxy) is 1. The van der Waals surface area contributed by atoms with Crippen LogP contribution in [0.25, 0.3) is 0 Å². The molecule has 1 aromatic rings. The number of hydrogen-bond donors (Lipinski definition) is 3. The van der Waals surface area contributed by atoms with Crippen LogP contribution in [0.15, 0.2) is 24.3 Å². The van der Waals surface area contributed by atoms with E-state index >= 15 is 0 Å². The third-order valence-electron chi connectivity index (χ3n) is 3.34. The van der Waals surface area contributed by atoms with Gasteiger partial charge in [-0.05, 0) is 17.7 Å². The van der Waals surface area contributed by atoms with E-state index in [2.05, 4.69) is 16.0 Å². The smallest absolute Gasteiger partial charge is 0.251 e. The van der Waals surface area contributed by atoms with Crippen LogP contribution in [0.2, 0.25) is 0 Å². The summed E-state index contributed by atoms with van der Waals surface area (Å²) in [5, 5.41) is 8.68. The van der Waals surface area contributed by atoms with Crippen molar-refractivity contribution in [3.05, 3.63) is 35.4 Å². The van der Waals surface area contributed by atoms with Gasteiger partial charge in [-0.2, -0.15) is 0 Å². The van der Waals surface area contributed by atoms with Gasteiger partial charge in [0.15, 0.2) is 0 Å².